The van der Waals surface area contributed by atoms with Gasteiger partial charge in [0.2, 0.25) is 0 Å². The molecule has 0 aliphatic heterocycles. The Morgan fingerprint density at radius 2 is 2.00 bits per heavy atom. The van der Waals surface area contributed by atoms with E-state index >= 15 is 0 Å². The van der Waals surface area contributed by atoms with Crippen LogP contribution in [0, 0.1) is 0 Å². The Labute approximate surface area is 94.3 Å². The fourth-order valence-electron chi connectivity index (χ4n) is 1.37. The first kappa shape index (κ1) is 12.4. The van der Waals surface area contributed by atoms with E-state index < -0.39 is 10.8 Å². The fraction of sp³-hybridized carbons (Fsp3) is 0.500. The summed E-state index contributed by atoms with van der Waals surface area (Å²) in [6, 6.07) is 10.3. The fourth-order valence-corrected chi connectivity index (χ4v) is 2.42. The highest BCUT2D eigenvalue weighted by atomic mass is 32.2. The van der Waals surface area contributed by atoms with Crippen molar-refractivity contribution in [2.45, 2.75) is 25.0 Å². The van der Waals surface area contributed by atoms with E-state index in [1.807, 2.05) is 25.1 Å². The summed E-state index contributed by atoms with van der Waals surface area (Å²) < 4.78 is 11.6. The van der Waals surface area contributed by atoms with Gasteiger partial charge in [0.1, 0.15) is 0 Å². The molecule has 0 spiro atoms. The van der Waals surface area contributed by atoms with Gasteiger partial charge in [-0.25, -0.2) is 0 Å². The van der Waals surface area contributed by atoms with Gasteiger partial charge in [-0.2, -0.15) is 0 Å². The molecule has 2 N–H and O–H groups in total. The summed E-state index contributed by atoms with van der Waals surface area (Å²) in [7, 11) is -0.763. The van der Waals surface area contributed by atoms with Crippen molar-refractivity contribution < 1.29 is 4.21 Å². The van der Waals surface area contributed by atoms with E-state index in [1.54, 1.807) is 0 Å². The molecule has 15 heavy (non-hydrogen) atoms. The van der Waals surface area contributed by atoms with E-state index in [0.717, 1.165) is 18.6 Å². The number of benzene rings is 1. The Balaban J connectivity index is 2.25. The van der Waals surface area contributed by atoms with Crippen LogP contribution in [0.5, 0.6) is 0 Å². The highest BCUT2D eigenvalue weighted by molar-refractivity contribution is 7.85. The summed E-state index contributed by atoms with van der Waals surface area (Å²) in [5.74, 6) is 0.757. The van der Waals surface area contributed by atoms with Crippen LogP contribution in [-0.4, -0.2) is 21.8 Å². The van der Waals surface area contributed by atoms with Crippen molar-refractivity contribution >= 4 is 10.8 Å². The zero-order valence-electron chi connectivity index (χ0n) is 9.19. The first-order valence-electron chi connectivity index (χ1n) is 5.35. The second-order valence-electron chi connectivity index (χ2n) is 3.72. The molecule has 2 unspecified atom stereocenters. The summed E-state index contributed by atoms with van der Waals surface area (Å²) >= 11 is 0. The number of nitrogens with two attached hydrogens (primary N) is 1. The molecule has 0 aliphatic rings. The molecule has 0 fully saturated rings. The van der Waals surface area contributed by atoms with Crippen molar-refractivity contribution in [1.82, 2.24) is 0 Å². The molecular formula is C12H19NOS. The van der Waals surface area contributed by atoms with Crippen LogP contribution in [0.3, 0.4) is 0 Å². The number of rotatable bonds is 6. The molecule has 2 atom stereocenters. The Morgan fingerprint density at radius 3 is 2.60 bits per heavy atom. The summed E-state index contributed by atoms with van der Waals surface area (Å²) in [4.78, 5) is 0. The second kappa shape index (κ2) is 6.75. The van der Waals surface area contributed by atoms with Crippen LogP contribution in [0.1, 0.15) is 18.9 Å². The normalized spacial score (nSPS) is 14.8. The molecular weight excluding hydrogens is 206 g/mol. The maximum atomic E-state index is 11.6. The Kier molecular flexibility index (Phi) is 5.58. The lowest BCUT2D eigenvalue weighted by molar-refractivity contribution is 0.670. The third kappa shape index (κ3) is 4.58. The van der Waals surface area contributed by atoms with Gasteiger partial charge in [0.25, 0.3) is 0 Å². The molecule has 0 radical (unpaired) electrons. The van der Waals surface area contributed by atoms with Crippen LogP contribution in [0.25, 0.3) is 0 Å². The minimum absolute atomic E-state index is 0.126. The molecule has 2 nitrogen and oxygen atoms in total. The molecule has 1 aromatic carbocycles. The lowest BCUT2D eigenvalue weighted by atomic mass is 10.1. The van der Waals surface area contributed by atoms with Crippen molar-refractivity contribution in [2.75, 3.05) is 12.3 Å². The van der Waals surface area contributed by atoms with Crippen LogP contribution in [0.15, 0.2) is 30.3 Å². The van der Waals surface area contributed by atoms with E-state index in [2.05, 4.69) is 12.1 Å². The van der Waals surface area contributed by atoms with Crippen LogP contribution >= 0.6 is 0 Å². The third-order valence-electron chi connectivity index (χ3n) is 2.43. The highest BCUT2D eigenvalue weighted by Gasteiger charge is 2.07. The zero-order valence-corrected chi connectivity index (χ0v) is 10.0. The maximum Gasteiger partial charge on any atom is 0.0442 e. The van der Waals surface area contributed by atoms with E-state index in [0.29, 0.717) is 6.54 Å². The first-order chi connectivity index (χ1) is 7.24. The Bertz CT molecular complexity index is 300. The van der Waals surface area contributed by atoms with Crippen LogP contribution in [0.4, 0.5) is 0 Å². The van der Waals surface area contributed by atoms with Crippen molar-refractivity contribution in [3.8, 4) is 0 Å². The van der Waals surface area contributed by atoms with Crippen LogP contribution < -0.4 is 5.73 Å². The highest BCUT2D eigenvalue weighted by Crippen LogP contribution is 2.04. The van der Waals surface area contributed by atoms with Gasteiger partial charge in [-0.1, -0.05) is 30.3 Å². The average molecular weight is 225 g/mol. The molecule has 0 bridgehead atoms. The Morgan fingerprint density at radius 1 is 1.33 bits per heavy atom. The van der Waals surface area contributed by atoms with Gasteiger partial charge in [-0.15, -0.1) is 0 Å². The topological polar surface area (TPSA) is 43.1 Å². The molecule has 84 valence electrons. The molecule has 1 rings (SSSR count). The van der Waals surface area contributed by atoms with E-state index in [4.69, 9.17) is 5.73 Å². The number of hydrogen-bond donors (Lipinski definition) is 1. The molecule has 0 heterocycles. The molecule has 0 aromatic heterocycles. The summed E-state index contributed by atoms with van der Waals surface area (Å²) in [5.41, 5.74) is 6.78. The SMILES string of the molecule is CC(CN)S(=O)CCCc1ccccc1. The summed E-state index contributed by atoms with van der Waals surface area (Å²) in [6.45, 7) is 2.45. The predicted octanol–water partition coefficient (Wildman–Crippen LogP) is 1.72. The monoisotopic (exact) mass is 225 g/mol. The smallest absolute Gasteiger partial charge is 0.0442 e. The molecule has 0 amide bonds. The van der Waals surface area contributed by atoms with Gasteiger partial charge in [-0.05, 0) is 25.3 Å². The van der Waals surface area contributed by atoms with Crippen molar-refractivity contribution in [1.29, 1.82) is 0 Å². The van der Waals surface area contributed by atoms with Crippen molar-refractivity contribution in [3.63, 3.8) is 0 Å². The molecule has 0 saturated heterocycles. The largest absolute Gasteiger partial charge is 0.329 e. The summed E-state index contributed by atoms with van der Waals surface area (Å²) in [5, 5.41) is 0.126. The summed E-state index contributed by atoms with van der Waals surface area (Å²) in [6.07, 6.45) is 1.98. The predicted molar refractivity (Wildman–Crippen MR) is 66.3 cm³/mol. The molecule has 0 saturated carbocycles. The van der Waals surface area contributed by atoms with Crippen molar-refractivity contribution in [3.05, 3.63) is 35.9 Å². The van der Waals surface area contributed by atoms with Gasteiger partial charge in [-0.3, -0.25) is 4.21 Å². The van der Waals surface area contributed by atoms with Gasteiger partial charge in [0, 0.05) is 28.3 Å². The minimum atomic E-state index is -0.763. The zero-order chi connectivity index (χ0) is 11.1. The minimum Gasteiger partial charge on any atom is -0.329 e. The average Bonchev–Trinajstić information content (AvgIpc) is 2.29. The standard InChI is InChI=1S/C12H19NOS/c1-11(10-13)15(14)9-5-8-12-6-3-2-4-7-12/h2-4,6-7,11H,5,8-10,13H2,1H3. The van der Waals surface area contributed by atoms with E-state index in [1.165, 1.54) is 5.56 Å². The molecule has 1 aromatic rings. The van der Waals surface area contributed by atoms with Gasteiger partial charge >= 0.3 is 0 Å². The van der Waals surface area contributed by atoms with Crippen LogP contribution in [0.2, 0.25) is 0 Å². The van der Waals surface area contributed by atoms with E-state index in [9.17, 15) is 4.21 Å². The Hall–Kier alpha value is -0.670. The molecule has 3 heteroatoms. The number of aryl methyl sites for hydroxylation is 1. The van der Waals surface area contributed by atoms with Gasteiger partial charge < -0.3 is 5.73 Å². The van der Waals surface area contributed by atoms with Gasteiger partial charge in [0.15, 0.2) is 0 Å². The lowest BCUT2D eigenvalue weighted by Crippen LogP contribution is -2.23. The van der Waals surface area contributed by atoms with Crippen LogP contribution in [-0.2, 0) is 17.2 Å². The van der Waals surface area contributed by atoms with Gasteiger partial charge in [0.05, 0.1) is 0 Å². The number of hydrogen-bond acceptors (Lipinski definition) is 2. The third-order valence-corrected chi connectivity index (χ3v) is 4.22. The molecule has 0 aliphatic carbocycles. The lowest BCUT2D eigenvalue weighted by Gasteiger charge is -2.08. The van der Waals surface area contributed by atoms with Crippen molar-refractivity contribution in [2.24, 2.45) is 5.73 Å². The quantitative estimate of drug-likeness (QED) is 0.801. The second-order valence-corrected chi connectivity index (χ2v) is 5.69. The first-order valence-corrected chi connectivity index (χ1v) is 6.73. The van der Waals surface area contributed by atoms with E-state index in [-0.39, 0.29) is 5.25 Å². The maximum absolute atomic E-state index is 11.6.